The number of urea groups is 1. The van der Waals surface area contributed by atoms with Gasteiger partial charge in [0.15, 0.2) is 0 Å². The average molecular weight is 449 g/mol. The van der Waals surface area contributed by atoms with Crippen LogP contribution in [0.2, 0.25) is 0 Å². The van der Waals surface area contributed by atoms with E-state index in [-0.39, 0.29) is 6.03 Å². The quantitative estimate of drug-likeness (QED) is 0.498. The van der Waals surface area contributed by atoms with Crippen LogP contribution in [-0.2, 0) is 6.42 Å². The number of anilines is 1. The van der Waals surface area contributed by atoms with Crippen LogP contribution in [0.3, 0.4) is 0 Å². The van der Waals surface area contributed by atoms with Crippen LogP contribution in [0, 0.1) is 0 Å². The number of aromatic nitrogens is 2. The topological polar surface area (TPSA) is 89.7 Å². The molecule has 1 N–H and O–H groups in total. The van der Waals surface area contributed by atoms with Crippen molar-refractivity contribution in [2.24, 2.45) is 0 Å². The fourth-order valence-electron chi connectivity index (χ4n) is 3.67. The number of aryl methyl sites for hydroxylation is 1. The standard InChI is InChI=1S/C25H28N4O4/c1-31-24-8-7-22(17-26-24)28-25(30)29-11-9-19(10-12-29)14-20-4-2-6-23(15-20)32-13-3-5-21-16-27-33-18-21/h2,4,6-8,14-18H,3,5,9-13H2,1H3,(H,28,30). The van der Waals surface area contributed by atoms with Crippen LogP contribution in [0.4, 0.5) is 10.5 Å². The molecule has 2 aromatic heterocycles. The van der Waals surface area contributed by atoms with Crippen molar-refractivity contribution < 1.29 is 18.8 Å². The summed E-state index contributed by atoms with van der Waals surface area (Å²) in [5.41, 5.74) is 4.18. The molecule has 0 unspecified atom stereocenters. The van der Waals surface area contributed by atoms with Gasteiger partial charge in [0.05, 0.1) is 31.8 Å². The SMILES string of the molecule is COc1ccc(NC(=O)N2CCC(=Cc3cccc(OCCCc4cnoc4)c3)CC2)cn1. The minimum atomic E-state index is -0.109. The molecule has 0 radical (unpaired) electrons. The van der Waals surface area contributed by atoms with Crippen molar-refractivity contribution in [3.63, 3.8) is 0 Å². The number of methoxy groups -OCH3 is 1. The van der Waals surface area contributed by atoms with Gasteiger partial charge in [-0.3, -0.25) is 0 Å². The van der Waals surface area contributed by atoms with Crippen LogP contribution in [0.1, 0.15) is 30.4 Å². The molecule has 2 amide bonds. The summed E-state index contributed by atoms with van der Waals surface area (Å²) in [4.78, 5) is 18.5. The lowest BCUT2D eigenvalue weighted by atomic mass is 10.0. The zero-order valence-corrected chi connectivity index (χ0v) is 18.7. The van der Waals surface area contributed by atoms with E-state index < -0.39 is 0 Å². The first-order valence-corrected chi connectivity index (χ1v) is 11.1. The zero-order valence-electron chi connectivity index (χ0n) is 18.7. The molecule has 0 atom stereocenters. The largest absolute Gasteiger partial charge is 0.494 e. The van der Waals surface area contributed by atoms with Gasteiger partial charge in [-0.2, -0.15) is 0 Å². The van der Waals surface area contributed by atoms with E-state index in [1.54, 1.807) is 37.9 Å². The summed E-state index contributed by atoms with van der Waals surface area (Å²) in [6.45, 7) is 2.00. The number of piperidine rings is 1. The lowest BCUT2D eigenvalue weighted by Crippen LogP contribution is -2.39. The van der Waals surface area contributed by atoms with E-state index in [1.807, 2.05) is 17.0 Å². The highest BCUT2D eigenvalue weighted by molar-refractivity contribution is 5.89. The monoisotopic (exact) mass is 448 g/mol. The Labute approximate surface area is 193 Å². The molecule has 1 fully saturated rings. The van der Waals surface area contributed by atoms with E-state index >= 15 is 0 Å². The smallest absolute Gasteiger partial charge is 0.321 e. The van der Waals surface area contributed by atoms with Crippen molar-refractivity contribution in [3.05, 3.63) is 71.8 Å². The van der Waals surface area contributed by atoms with E-state index in [0.717, 1.165) is 42.6 Å². The van der Waals surface area contributed by atoms with Crippen LogP contribution in [0.25, 0.3) is 6.08 Å². The van der Waals surface area contributed by atoms with Crippen molar-refractivity contribution >= 4 is 17.8 Å². The Morgan fingerprint density at radius 2 is 2.09 bits per heavy atom. The molecule has 8 heteroatoms. The first kappa shape index (κ1) is 22.4. The molecule has 1 aliphatic heterocycles. The molecule has 0 bridgehead atoms. The molecule has 1 aromatic carbocycles. The zero-order chi connectivity index (χ0) is 22.9. The highest BCUT2D eigenvalue weighted by Crippen LogP contribution is 2.23. The van der Waals surface area contributed by atoms with Crippen molar-refractivity contribution in [1.82, 2.24) is 15.0 Å². The van der Waals surface area contributed by atoms with E-state index in [1.165, 1.54) is 5.57 Å². The Bertz CT molecular complexity index is 1050. The average Bonchev–Trinajstić information content (AvgIpc) is 3.37. The summed E-state index contributed by atoms with van der Waals surface area (Å²) >= 11 is 0. The number of likely N-dealkylation sites (tertiary alicyclic amines) is 1. The maximum Gasteiger partial charge on any atom is 0.321 e. The molecule has 1 saturated heterocycles. The number of hydrogen-bond donors (Lipinski definition) is 1. The van der Waals surface area contributed by atoms with E-state index in [4.69, 9.17) is 14.0 Å². The molecule has 172 valence electrons. The Morgan fingerprint density at radius 3 is 2.82 bits per heavy atom. The van der Waals surface area contributed by atoms with E-state index in [2.05, 4.69) is 33.7 Å². The Hall–Kier alpha value is -3.81. The third-order valence-corrected chi connectivity index (χ3v) is 5.48. The molecule has 0 saturated carbocycles. The number of pyridine rings is 1. The Morgan fingerprint density at radius 1 is 1.21 bits per heavy atom. The summed E-state index contributed by atoms with van der Waals surface area (Å²) in [6.07, 6.45) is 10.7. The van der Waals surface area contributed by atoms with Gasteiger partial charge in [0.2, 0.25) is 5.88 Å². The summed E-state index contributed by atoms with van der Waals surface area (Å²) in [5, 5.41) is 6.60. The van der Waals surface area contributed by atoms with Gasteiger partial charge in [-0.1, -0.05) is 28.9 Å². The van der Waals surface area contributed by atoms with Crippen molar-refractivity contribution in [2.75, 3.05) is 32.1 Å². The summed E-state index contributed by atoms with van der Waals surface area (Å²) in [6, 6.07) is 11.5. The molecule has 33 heavy (non-hydrogen) atoms. The maximum absolute atomic E-state index is 12.5. The second kappa shape index (κ2) is 11.2. The fourth-order valence-corrected chi connectivity index (χ4v) is 3.67. The number of carbonyl (C=O) groups excluding carboxylic acids is 1. The molecule has 3 heterocycles. The Kier molecular flexibility index (Phi) is 7.58. The van der Waals surface area contributed by atoms with Gasteiger partial charge >= 0.3 is 6.03 Å². The number of nitrogens with one attached hydrogen (secondary N) is 1. The molecule has 0 aliphatic carbocycles. The lowest BCUT2D eigenvalue weighted by Gasteiger charge is -2.28. The maximum atomic E-state index is 12.5. The molecule has 1 aliphatic rings. The summed E-state index contributed by atoms with van der Waals surface area (Å²) < 4.78 is 15.8. The predicted octanol–water partition coefficient (Wildman–Crippen LogP) is 4.80. The summed E-state index contributed by atoms with van der Waals surface area (Å²) in [5.74, 6) is 1.38. The Balaban J connectivity index is 1.24. The highest BCUT2D eigenvalue weighted by Gasteiger charge is 2.19. The molecule has 3 aromatic rings. The summed E-state index contributed by atoms with van der Waals surface area (Å²) in [7, 11) is 1.56. The van der Waals surface area contributed by atoms with Gasteiger partial charge in [-0.25, -0.2) is 9.78 Å². The molecular weight excluding hydrogens is 420 g/mol. The van der Waals surface area contributed by atoms with Crippen molar-refractivity contribution in [3.8, 4) is 11.6 Å². The number of carbonyl (C=O) groups is 1. The van der Waals surface area contributed by atoms with E-state index in [0.29, 0.717) is 31.3 Å². The predicted molar refractivity (Wildman–Crippen MR) is 125 cm³/mol. The van der Waals surface area contributed by atoms with Gasteiger partial charge < -0.3 is 24.2 Å². The van der Waals surface area contributed by atoms with Crippen LogP contribution in [0.5, 0.6) is 11.6 Å². The second-order valence-corrected chi connectivity index (χ2v) is 7.87. The van der Waals surface area contributed by atoms with Crippen LogP contribution in [-0.4, -0.2) is 47.9 Å². The van der Waals surface area contributed by atoms with Crippen molar-refractivity contribution in [1.29, 1.82) is 0 Å². The fraction of sp³-hybridized carbons (Fsp3) is 0.320. The van der Waals surface area contributed by atoms with Gasteiger partial charge in [0.25, 0.3) is 0 Å². The number of nitrogens with zero attached hydrogens (tertiary/aromatic N) is 3. The van der Waals surface area contributed by atoms with Gasteiger partial charge in [0, 0.05) is 24.7 Å². The number of hydrogen-bond acceptors (Lipinski definition) is 6. The first-order chi connectivity index (χ1) is 16.2. The number of rotatable bonds is 8. The van der Waals surface area contributed by atoms with Gasteiger partial charge in [-0.15, -0.1) is 0 Å². The van der Waals surface area contributed by atoms with E-state index in [9.17, 15) is 4.79 Å². The minimum absolute atomic E-state index is 0.109. The number of amides is 2. The van der Waals surface area contributed by atoms with Crippen molar-refractivity contribution in [2.45, 2.75) is 25.7 Å². The normalized spacial score (nSPS) is 13.5. The molecule has 4 rings (SSSR count). The molecular formula is C25H28N4O4. The van der Waals surface area contributed by atoms with Crippen LogP contribution in [0.15, 0.2) is 65.2 Å². The number of ether oxygens (including phenoxy) is 2. The highest BCUT2D eigenvalue weighted by atomic mass is 16.5. The first-order valence-electron chi connectivity index (χ1n) is 11.1. The molecule has 8 nitrogen and oxygen atoms in total. The third-order valence-electron chi connectivity index (χ3n) is 5.48. The van der Waals surface area contributed by atoms with Crippen LogP contribution >= 0.6 is 0 Å². The van der Waals surface area contributed by atoms with Gasteiger partial charge in [0.1, 0.15) is 12.0 Å². The van der Waals surface area contributed by atoms with Gasteiger partial charge in [-0.05, 0) is 49.4 Å². The lowest BCUT2D eigenvalue weighted by molar-refractivity contribution is 0.208. The number of benzene rings is 1. The second-order valence-electron chi connectivity index (χ2n) is 7.87. The third kappa shape index (κ3) is 6.58. The minimum Gasteiger partial charge on any atom is -0.494 e. The molecule has 0 spiro atoms. The van der Waals surface area contributed by atoms with Crippen LogP contribution < -0.4 is 14.8 Å².